The third-order valence-corrected chi connectivity index (χ3v) is 3.43. The summed E-state index contributed by atoms with van der Waals surface area (Å²) in [6.45, 7) is 0. The highest BCUT2D eigenvalue weighted by molar-refractivity contribution is 7.78. The van der Waals surface area contributed by atoms with E-state index in [0.29, 0.717) is 10.8 Å². The Morgan fingerprint density at radius 2 is 2.11 bits per heavy atom. The van der Waals surface area contributed by atoms with Gasteiger partial charge in [-0.15, -0.1) is 0 Å². The highest BCUT2D eigenvalue weighted by atomic mass is 35.5. The molecule has 0 fully saturated rings. The van der Waals surface area contributed by atoms with Crippen molar-refractivity contribution in [3.8, 4) is 0 Å². The highest BCUT2D eigenvalue weighted by Gasteiger charge is 2.09. The first-order valence-electron chi connectivity index (χ1n) is 5.68. The third kappa shape index (κ3) is 2.39. The van der Waals surface area contributed by atoms with Crippen molar-refractivity contribution in [3.05, 3.63) is 52.9 Å². The Morgan fingerprint density at radius 1 is 1.26 bits per heavy atom. The van der Waals surface area contributed by atoms with Gasteiger partial charge in [-0.05, 0) is 23.3 Å². The summed E-state index contributed by atoms with van der Waals surface area (Å²) >= 11 is 10.4. The van der Waals surface area contributed by atoms with Crippen molar-refractivity contribution in [2.24, 2.45) is 0 Å². The highest BCUT2D eigenvalue weighted by Crippen LogP contribution is 2.25. The van der Waals surface area contributed by atoms with Gasteiger partial charge in [-0.2, -0.15) is 0 Å². The number of nitrogen functional groups attached to an aromatic ring is 1. The molecule has 0 bridgehead atoms. The lowest BCUT2D eigenvalue weighted by Gasteiger charge is -2.00. The van der Waals surface area contributed by atoms with Crippen molar-refractivity contribution in [2.45, 2.75) is 6.42 Å². The molecular formula is C13H11ClN4S. The number of thiol groups is 1. The molecule has 0 unspecified atom stereocenters. The zero-order chi connectivity index (χ0) is 13.4. The van der Waals surface area contributed by atoms with Crippen LogP contribution in [0.4, 0.5) is 5.82 Å². The Bertz CT molecular complexity index is 736. The molecule has 96 valence electrons. The van der Waals surface area contributed by atoms with E-state index in [4.69, 9.17) is 17.3 Å². The molecule has 0 spiro atoms. The summed E-state index contributed by atoms with van der Waals surface area (Å²) in [5, 5.41) is 1.61. The molecule has 0 radical (unpaired) electrons. The molecule has 0 amide bonds. The fourth-order valence-electron chi connectivity index (χ4n) is 2.03. The molecule has 3 aromatic heterocycles. The zero-order valence-corrected chi connectivity index (χ0v) is 11.6. The standard InChI is InChI=1S/C13H11ClN4S/c14-10-4-11-9(7-18(19)13(11)17-6-10)3-8-1-2-12(15)16-5-8/h1-2,4-7,19H,3H2,(H2,15,16). The van der Waals surface area contributed by atoms with Crippen molar-refractivity contribution in [2.75, 3.05) is 5.73 Å². The summed E-state index contributed by atoms with van der Waals surface area (Å²) in [7, 11) is 0. The number of hydrogen-bond acceptors (Lipinski definition) is 4. The molecule has 4 nitrogen and oxygen atoms in total. The average molecular weight is 291 g/mol. The van der Waals surface area contributed by atoms with Gasteiger partial charge in [0.1, 0.15) is 11.5 Å². The molecule has 0 aromatic carbocycles. The summed E-state index contributed by atoms with van der Waals surface area (Å²) in [5.74, 6) is 0.519. The smallest absolute Gasteiger partial charge is 0.150 e. The van der Waals surface area contributed by atoms with Crippen LogP contribution in [0.2, 0.25) is 5.02 Å². The minimum atomic E-state index is 0.519. The van der Waals surface area contributed by atoms with Gasteiger partial charge in [0.05, 0.1) is 5.02 Å². The number of halogens is 1. The fourth-order valence-corrected chi connectivity index (χ4v) is 2.49. The molecular weight excluding hydrogens is 280 g/mol. The molecule has 0 aliphatic heterocycles. The van der Waals surface area contributed by atoms with Crippen LogP contribution in [0.5, 0.6) is 0 Å². The van der Waals surface area contributed by atoms with Gasteiger partial charge < -0.3 is 5.73 Å². The maximum absolute atomic E-state index is 6.00. The van der Waals surface area contributed by atoms with Crippen LogP contribution in [-0.2, 0) is 6.42 Å². The van der Waals surface area contributed by atoms with E-state index in [9.17, 15) is 0 Å². The largest absolute Gasteiger partial charge is 0.384 e. The Balaban J connectivity index is 2.05. The van der Waals surface area contributed by atoms with Crippen molar-refractivity contribution in [1.82, 2.24) is 13.9 Å². The van der Waals surface area contributed by atoms with Gasteiger partial charge in [-0.3, -0.25) is 3.97 Å². The number of rotatable bonds is 2. The zero-order valence-electron chi connectivity index (χ0n) is 9.92. The van der Waals surface area contributed by atoms with Crippen LogP contribution < -0.4 is 5.73 Å². The SMILES string of the molecule is Nc1ccc(Cc2cn(S)c3ncc(Cl)cc23)cn1. The number of hydrogen-bond donors (Lipinski definition) is 2. The fraction of sp³-hybridized carbons (Fsp3) is 0.0769. The minimum Gasteiger partial charge on any atom is -0.384 e. The first-order valence-corrected chi connectivity index (χ1v) is 6.46. The molecule has 0 atom stereocenters. The van der Waals surface area contributed by atoms with Gasteiger partial charge in [0.25, 0.3) is 0 Å². The Hall–Kier alpha value is -1.72. The van der Waals surface area contributed by atoms with Crippen LogP contribution in [0.25, 0.3) is 11.0 Å². The van der Waals surface area contributed by atoms with Crippen LogP contribution in [0.3, 0.4) is 0 Å². The quantitative estimate of drug-likeness (QED) is 0.714. The van der Waals surface area contributed by atoms with Gasteiger partial charge in [0, 0.05) is 30.4 Å². The van der Waals surface area contributed by atoms with Crippen molar-refractivity contribution < 1.29 is 0 Å². The molecule has 3 heterocycles. The average Bonchev–Trinajstić information content (AvgIpc) is 2.69. The lowest BCUT2D eigenvalue weighted by atomic mass is 10.1. The predicted octanol–water partition coefficient (Wildman–Crippen LogP) is 2.95. The van der Waals surface area contributed by atoms with E-state index in [-0.39, 0.29) is 0 Å². The molecule has 0 saturated heterocycles. The summed E-state index contributed by atoms with van der Waals surface area (Å²) < 4.78 is 1.70. The summed E-state index contributed by atoms with van der Waals surface area (Å²) in [6, 6.07) is 5.65. The maximum atomic E-state index is 6.00. The van der Waals surface area contributed by atoms with Gasteiger partial charge in [0.15, 0.2) is 0 Å². The van der Waals surface area contributed by atoms with Crippen LogP contribution >= 0.6 is 24.4 Å². The molecule has 0 aliphatic carbocycles. The summed E-state index contributed by atoms with van der Waals surface area (Å²) in [5.41, 5.74) is 8.56. The van der Waals surface area contributed by atoms with E-state index in [1.54, 1.807) is 22.4 Å². The predicted molar refractivity (Wildman–Crippen MR) is 80.6 cm³/mol. The van der Waals surface area contributed by atoms with Crippen molar-refractivity contribution in [1.29, 1.82) is 0 Å². The second-order valence-electron chi connectivity index (χ2n) is 4.29. The third-order valence-electron chi connectivity index (χ3n) is 2.92. The van der Waals surface area contributed by atoms with Crippen LogP contribution in [0, 0.1) is 0 Å². The molecule has 0 aliphatic rings. The molecule has 6 heteroatoms. The Kier molecular flexibility index (Phi) is 3.08. The lowest BCUT2D eigenvalue weighted by molar-refractivity contribution is 1.15. The van der Waals surface area contributed by atoms with Gasteiger partial charge in [0.2, 0.25) is 0 Å². The van der Waals surface area contributed by atoms with E-state index < -0.39 is 0 Å². The van der Waals surface area contributed by atoms with E-state index in [2.05, 4.69) is 22.8 Å². The first kappa shape index (κ1) is 12.3. The molecule has 3 aromatic rings. The van der Waals surface area contributed by atoms with Crippen LogP contribution in [0.1, 0.15) is 11.1 Å². The van der Waals surface area contributed by atoms with Crippen LogP contribution in [-0.4, -0.2) is 13.9 Å². The number of fused-ring (bicyclic) bond motifs is 1. The number of aromatic nitrogens is 3. The number of nitrogens with two attached hydrogens (primary N) is 1. The number of anilines is 1. The van der Waals surface area contributed by atoms with E-state index >= 15 is 0 Å². The van der Waals surface area contributed by atoms with Gasteiger partial charge in [-0.1, -0.05) is 30.5 Å². The van der Waals surface area contributed by atoms with Crippen LogP contribution in [0.15, 0.2) is 36.8 Å². The monoisotopic (exact) mass is 290 g/mol. The second kappa shape index (κ2) is 4.75. The first-order chi connectivity index (χ1) is 9.13. The molecule has 19 heavy (non-hydrogen) atoms. The Morgan fingerprint density at radius 3 is 2.84 bits per heavy atom. The second-order valence-corrected chi connectivity index (χ2v) is 5.16. The summed E-state index contributed by atoms with van der Waals surface area (Å²) in [4.78, 5) is 8.37. The van der Waals surface area contributed by atoms with Gasteiger partial charge in [-0.25, -0.2) is 9.97 Å². The Labute approximate surface area is 120 Å². The van der Waals surface area contributed by atoms with Gasteiger partial charge >= 0.3 is 0 Å². The maximum Gasteiger partial charge on any atom is 0.150 e. The number of pyridine rings is 2. The normalized spacial score (nSPS) is 11.1. The molecule has 3 rings (SSSR count). The number of nitrogens with zero attached hydrogens (tertiary/aromatic N) is 3. The topological polar surface area (TPSA) is 56.7 Å². The summed E-state index contributed by atoms with van der Waals surface area (Å²) in [6.07, 6.45) is 6.06. The lowest BCUT2D eigenvalue weighted by Crippen LogP contribution is -1.92. The van der Waals surface area contributed by atoms with E-state index in [0.717, 1.165) is 28.6 Å². The molecule has 2 N–H and O–H groups in total. The van der Waals surface area contributed by atoms with Crippen molar-refractivity contribution in [3.63, 3.8) is 0 Å². The molecule has 0 saturated carbocycles. The van der Waals surface area contributed by atoms with E-state index in [1.807, 2.05) is 18.3 Å². The van der Waals surface area contributed by atoms with E-state index in [1.165, 1.54) is 0 Å². The minimum absolute atomic E-state index is 0.519. The van der Waals surface area contributed by atoms with Crippen molar-refractivity contribution >= 4 is 41.3 Å².